The Balaban J connectivity index is 2.96. The topological polar surface area (TPSA) is 12.0 Å². The van der Waals surface area contributed by atoms with Gasteiger partial charge in [0.05, 0.1) is 5.49 Å². The minimum absolute atomic E-state index is 0.826. The van der Waals surface area contributed by atoms with Gasteiger partial charge in [-0.05, 0) is 12.3 Å². The van der Waals surface area contributed by atoms with E-state index in [2.05, 4.69) is 31.4 Å². The predicted octanol–water partition coefficient (Wildman–Crippen LogP) is 1.97. The zero-order chi connectivity index (χ0) is 7.11. The van der Waals surface area contributed by atoms with Crippen molar-refractivity contribution < 1.29 is 0 Å². The van der Waals surface area contributed by atoms with Crippen LogP contribution < -0.4 is 5.32 Å². The van der Waals surface area contributed by atoms with Gasteiger partial charge in [-0.3, -0.25) is 0 Å². The van der Waals surface area contributed by atoms with Crippen molar-refractivity contribution in [3.63, 3.8) is 0 Å². The summed E-state index contributed by atoms with van der Waals surface area (Å²) in [5.74, 6) is 0.826. The molecule has 0 heterocycles. The van der Waals surface area contributed by atoms with Crippen LogP contribution >= 0.6 is 12.2 Å². The first-order valence-corrected chi connectivity index (χ1v) is 3.95. The third-order valence-electron chi connectivity index (χ3n) is 1.56. The molecule has 0 fully saturated rings. The number of hydrogen-bond acceptors (Lipinski definition) is 1. The van der Waals surface area contributed by atoms with Gasteiger partial charge < -0.3 is 5.32 Å². The molecule has 0 bridgehead atoms. The molecule has 0 aromatic rings. The molecule has 1 nitrogen and oxygen atoms in total. The summed E-state index contributed by atoms with van der Waals surface area (Å²) >= 11 is 4.60. The van der Waals surface area contributed by atoms with Gasteiger partial charge in [0, 0.05) is 6.54 Å². The highest BCUT2D eigenvalue weighted by atomic mass is 32.1. The van der Waals surface area contributed by atoms with Crippen molar-refractivity contribution in [2.45, 2.75) is 26.7 Å². The molecule has 0 aromatic heterocycles. The first-order valence-electron chi connectivity index (χ1n) is 3.48. The summed E-state index contributed by atoms with van der Waals surface area (Å²) in [5.41, 5.74) is 1.59. The maximum absolute atomic E-state index is 4.60. The van der Waals surface area contributed by atoms with Gasteiger partial charge in [-0.15, -0.1) is 0 Å². The van der Waals surface area contributed by atoms with Gasteiger partial charge >= 0.3 is 0 Å². The Hall–Kier alpha value is -0.110. The number of rotatable bonds is 5. The van der Waals surface area contributed by atoms with Crippen molar-refractivity contribution in [3.8, 4) is 0 Å². The lowest BCUT2D eigenvalue weighted by molar-refractivity contribution is 0.514. The SMILES string of the molecule is CCC(C)CCNC=S. The maximum Gasteiger partial charge on any atom is 0.0614 e. The molecule has 0 aliphatic rings. The molecule has 0 saturated heterocycles. The van der Waals surface area contributed by atoms with E-state index in [1.807, 2.05) is 0 Å². The van der Waals surface area contributed by atoms with Crippen LogP contribution in [0.1, 0.15) is 26.7 Å². The van der Waals surface area contributed by atoms with Crippen molar-refractivity contribution in [1.82, 2.24) is 5.32 Å². The highest BCUT2D eigenvalue weighted by Crippen LogP contribution is 2.03. The molecule has 0 aromatic carbocycles. The first kappa shape index (κ1) is 8.89. The zero-order valence-corrected chi connectivity index (χ0v) is 7.00. The molecule has 1 atom stereocenters. The molecule has 0 rings (SSSR count). The minimum atomic E-state index is 0.826. The maximum atomic E-state index is 4.60. The van der Waals surface area contributed by atoms with E-state index in [-0.39, 0.29) is 0 Å². The van der Waals surface area contributed by atoms with E-state index in [4.69, 9.17) is 0 Å². The van der Waals surface area contributed by atoms with E-state index >= 15 is 0 Å². The predicted molar refractivity (Wildman–Crippen MR) is 45.7 cm³/mol. The van der Waals surface area contributed by atoms with Crippen LogP contribution in [-0.2, 0) is 0 Å². The molecular formula is C7H15NS. The summed E-state index contributed by atoms with van der Waals surface area (Å²) in [6.07, 6.45) is 2.49. The Kier molecular flexibility index (Phi) is 5.94. The van der Waals surface area contributed by atoms with Crippen molar-refractivity contribution in [3.05, 3.63) is 0 Å². The normalized spacial score (nSPS) is 12.7. The number of thiocarbonyl (C=S) groups is 1. The fraction of sp³-hybridized carbons (Fsp3) is 0.857. The van der Waals surface area contributed by atoms with Crippen molar-refractivity contribution >= 4 is 17.7 Å². The van der Waals surface area contributed by atoms with Crippen LogP contribution in [0.15, 0.2) is 0 Å². The molecule has 0 radical (unpaired) electrons. The number of hydrogen-bond donors (Lipinski definition) is 1. The molecule has 0 aliphatic carbocycles. The molecule has 0 saturated carbocycles. The Morgan fingerprint density at radius 1 is 1.67 bits per heavy atom. The average molecular weight is 145 g/mol. The van der Waals surface area contributed by atoms with Crippen LogP contribution in [0.4, 0.5) is 0 Å². The van der Waals surface area contributed by atoms with E-state index in [0.29, 0.717) is 0 Å². The fourth-order valence-electron chi connectivity index (χ4n) is 0.593. The zero-order valence-electron chi connectivity index (χ0n) is 6.18. The van der Waals surface area contributed by atoms with Gasteiger partial charge in [-0.2, -0.15) is 0 Å². The van der Waals surface area contributed by atoms with Crippen LogP contribution in [0, 0.1) is 5.92 Å². The summed E-state index contributed by atoms with van der Waals surface area (Å²) in [6, 6.07) is 0. The number of nitrogens with one attached hydrogen (secondary N) is 1. The standard InChI is InChI=1S/C7H15NS/c1-3-7(2)4-5-8-6-9/h6-7H,3-5H2,1-2H3,(H,8,9). The van der Waals surface area contributed by atoms with Crippen LogP contribution in [0.5, 0.6) is 0 Å². The summed E-state index contributed by atoms with van der Waals surface area (Å²) < 4.78 is 0. The Morgan fingerprint density at radius 2 is 2.33 bits per heavy atom. The Morgan fingerprint density at radius 3 is 2.78 bits per heavy atom. The van der Waals surface area contributed by atoms with Crippen LogP contribution in [-0.4, -0.2) is 12.0 Å². The van der Waals surface area contributed by atoms with Crippen molar-refractivity contribution in [2.75, 3.05) is 6.54 Å². The summed E-state index contributed by atoms with van der Waals surface area (Å²) in [6.45, 7) is 5.49. The molecular weight excluding hydrogens is 130 g/mol. The lowest BCUT2D eigenvalue weighted by atomic mass is 10.1. The van der Waals surface area contributed by atoms with E-state index in [1.54, 1.807) is 5.49 Å². The Labute approximate surface area is 62.8 Å². The van der Waals surface area contributed by atoms with Crippen LogP contribution in [0.2, 0.25) is 0 Å². The smallest absolute Gasteiger partial charge is 0.0614 e. The average Bonchev–Trinajstić information content (AvgIpc) is 1.89. The molecule has 0 aliphatic heterocycles. The molecule has 2 heteroatoms. The monoisotopic (exact) mass is 145 g/mol. The largest absolute Gasteiger partial charge is 0.382 e. The highest BCUT2D eigenvalue weighted by molar-refractivity contribution is 7.78. The van der Waals surface area contributed by atoms with Crippen molar-refractivity contribution in [1.29, 1.82) is 0 Å². The van der Waals surface area contributed by atoms with Crippen LogP contribution in [0.3, 0.4) is 0 Å². The lowest BCUT2D eigenvalue weighted by Crippen LogP contribution is -2.13. The molecule has 54 valence electrons. The van der Waals surface area contributed by atoms with Gasteiger partial charge in [-0.1, -0.05) is 32.5 Å². The molecule has 1 N–H and O–H groups in total. The summed E-state index contributed by atoms with van der Waals surface area (Å²) in [5, 5.41) is 3.00. The van der Waals surface area contributed by atoms with E-state index < -0.39 is 0 Å². The van der Waals surface area contributed by atoms with Gasteiger partial charge in [0.25, 0.3) is 0 Å². The third-order valence-corrected chi connectivity index (χ3v) is 1.73. The fourth-order valence-corrected chi connectivity index (χ4v) is 0.711. The minimum Gasteiger partial charge on any atom is -0.382 e. The van der Waals surface area contributed by atoms with Gasteiger partial charge in [-0.25, -0.2) is 0 Å². The molecule has 9 heavy (non-hydrogen) atoms. The highest BCUT2D eigenvalue weighted by Gasteiger charge is 1.94. The third kappa shape index (κ3) is 5.77. The second kappa shape index (κ2) is 6.02. The van der Waals surface area contributed by atoms with Gasteiger partial charge in [0.15, 0.2) is 0 Å². The van der Waals surface area contributed by atoms with E-state index in [9.17, 15) is 0 Å². The van der Waals surface area contributed by atoms with Gasteiger partial charge in [0.1, 0.15) is 0 Å². The quantitative estimate of drug-likeness (QED) is 0.469. The van der Waals surface area contributed by atoms with E-state index in [0.717, 1.165) is 12.5 Å². The summed E-state index contributed by atoms with van der Waals surface area (Å²) in [7, 11) is 0. The van der Waals surface area contributed by atoms with Crippen molar-refractivity contribution in [2.24, 2.45) is 5.92 Å². The second-order valence-electron chi connectivity index (χ2n) is 2.37. The summed E-state index contributed by atoms with van der Waals surface area (Å²) in [4.78, 5) is 0. The first-order chi connectivity index (χ1) is 4.31. The molecule has 0 spiro atoms. The molecule has 1 unspecified atom stereocenters. The lowest BCUT2D eigenvalue weighted by Gasteiger charge is -2.05. The van der Waals surface area contributed by atoms with Gasteiger partial charge in [0.2, 0.25) is 0 Å². The Bertz CT molecular complexity index is 73.3. The second-order valence-corrected chi connectivity index (χ2v) is 2.61. The van der Waals surface area contributed by atoms with E-state index in [1.165, 1.54) is 12.8 Å². The molecule has 0 amide bonds. The van der Waals surface area contributed by atoms with Crippen LogP contribution in [0.25, 0.3) is 0 Å².